The summed E-state index contributed by atoms with van der Waals surface area (Å²) in [5.74, 6) is 0.397. The summed E-state index contributed by atoms with van der Waals surface area (Å²) < 4.78 is 21.9. The fraction of sp³-hybridized carbons (Fsp3) is 0.861. The van der Waals surface area contributed by atoms with Crippen molar-refractivity contribution in [3.05, 3.63) is 12.2 Å². The molecule has 1 amide bonds. The Kier molecular flexibility index (Phi) is 13.2. The van der Waals surface area contributed by atoms with Gasteiger partial charge in [-0.25, -0.2) is 10.6 Å². The second-order valence-electron chi connectivity index (χ2n) is 14.8. The molecule has 0 aromatic heterocycles. The molecule has 48 heavy (non-hydrogen) atoms. The van der Waals surface area contributed by atoms with Crippen molar-refractivity contribution >= 4 is 17.8 Å². The Morgan fingerprint density at radius 2 is 1.94 bits per heavy atom. The van der Waals surface area contributed by atoms with E-state index in [1.54, 1.807) is 4.90 Å². The van der Waals surface area contributed by atoms with E-state index in [0.29, 0.717) is 58.1 Å². The topological polar surface area (TPSA) is 164 Å². The third-order valence-corrected chi connectivity index (χ3v) is 11.0. The number of allylic oxidation sites excluding steroid dienone is 1. The van der Waals surface area contributed by atoms with E-state index in [0.717, 1.165) is 89.4 Å². The van der Waals surface area contributed by atoms with Crippen molar-refractivity contribution in [2.45, 2.75) is 158 Å². The standard InChI is InChI=1S/C36H62N6O6/c1-3-29-13-7-8-18-35(48-29)24-27-15-16-30-32(36(19-10-12-26(2)47-36)40-34(39-35)42(27)30)33(45)46-23-9-5-4-6-14-31(44)41(22-11-20-37)25-28(43)17-21-38/h7,13,26-30,32,43H,3-6,8-12,14-25,37-38H2,1-2H3,(H,39,40)/p+1/t26-,27+,28+,29+,30-,32-,35+,36-/m1/s1. The first-order valence-corrected chi connectivity index (χ1v) is 19.0. The zero-order valence-corrected chi connectivity index (χ0v) is 29.5. The Bertz CT molecular complexity index is 1150. The van der Waals surface area contributed by atoms with Crippen molar-refractivity contribution < 1.29 is 33.5 Å². The SMILES string of the molecule is CC[C@H]1C=CCC[C@@]2(C[C@@H]3CC[C@@H]4[C@H](C(=O)OCCCCCCC(=O)N(CCCN)C[C@@H](O)CCN)[C@]5(CCC[C@@H](C)O5)NC(=[N+]34)N2)O1. The van der Waals surface area contributed by atoms with Gasteiger partial charge in [-0.15, -0.1) is 0 Å². The largest absolute Gasteiger partial charge is 0.465 e. The number of hydrogen-bond donors (Lipinski definition) is 5. The summed E-state index contributed by atoms with van der Waals surface area (Å²) in [5.41, 5.74) is 9.98. The highest BCUT2D eigenvalue weighted by Crippen LogP contribution is 2.45. The summed E-state index contributed by atoms with van der Waals surface area (Å²) in [5, 5.41) is 17.8. The molecule has 12 heteroatoms. The van der Waals surface area contributed by atoms with Crippen LogP contribution < -0.4 is 22.1 Å². The van der Waals surface area contributed by atoms with Crippen LogP contribution >= 0.6 is 0 Å². The number of carbonyl (C=O) groups excluding carboxylic acids is 2. The summed E-state index contributed by atoms with van der Waals surface area (Å²) in [7, 11) is 0. The third kappa shape index (κ3) is 8.72. The van der Waals surface area contributed by atoms with Gasteiger partial charge in [-0.1, -0.05) is 31.9 Å². The molecule has 0 aliphatic carbocycles. The summed E-state index contributed by atoms with van der Waals surface area (Å²) in [4.78, 5) is 28.6. The van der Waals surface area contributed by atoms with Gasteiger partial charge in [-0.2, -0.15) is 0 Å². The number of esters is 1. The van der Waals surface area contributed by atoms with Crippen LogP contribution in [0.15, 0.2) is 12.2 Å². The van der Waals surface area contributed by atoms with Gasteiger partial charge in [0.2, 0.25) is 11.6 Å². The quantitative estimate of drug-likeness (QED) is 0.0711. The van der Waals surface area contributed by atoms with Gasteiger partial charge >= 0.3 is 11.9 Å². The van der Waals surface area contributed by atoms with E-state index in [9.17, 15) is 14.7 Å². The number of aliphatic hydroxyl groups excluding tert-OH is 1. The first kappa shape index (κ1) is 37.0. The summed E-state index contributed by atoms with van der Waals surface area (Å²) in [6, 6.07) is 0.303. The van der Waals surface area contributed by atoms with Crippen LogP contribution in [0.25, 0.3) is 0 Å². The number of nitrogens with zero attached hydrogens (tertiary/aromatic N) is 2. The molecule has 2 spiro atoms. The Hall–Kier alpha value is -2.25. The van der Waals surface area contributed by atoms with Crippen molar-refractivity contribution in [1.29, 1.82) is 0 Å². The van der Waals surface area contributed by atoms with E-state index in [4.69, 9.17) is 25.7 Å². The molecule has 272 valence electrons. The lowest BCUT2D eigenvalue weighted by molar-refractivity contribution is -0.609. The molecular weight excluding hydrogens is 612 g/mol. The summed E-state index contributed by atoms with van der Waals surface area (Å²) in [6.45, 7) is 6.36. The highest BCUT2D eigenvalue weighted by atomic mass is 16.6. The van der Waals surface area contributed by atoms with E-state index in [-0.39, 0.29) is 30.1 Å². The monoisotopic (exact) mass is 675 g/mol. The normalized spacial score (nSPS) is 33.1. The maximum Gasteiger partial charge on any atom is 0.350 e. The Morgan fingerprint density at radius 1 is 1.10 bits per heavy atom. The summed E-state index contributed by atoms with van der Waals surface area (Å²) >= 11 is 0. The number of amides is 1. The van der Waals surface area contributed by atoms with E-state index in [1.807, 2.05) is 0 Å². The van der Waals surface area contributed by atoms with Crippen LogP contribution in [0.3, 0.4) is 0 Å². The Labute approximate surface area is 287 Å². The van der Waals surface area contributed by atoms with Crippen LogP contribution in [-0.4, -0.2) is 107 Å². The van der Waals surface area contributed by atoms with Crippen molar-refractivity contribution in [3.63, 3.8) is 0 Å². The minimum Gasteiger partial charge on any atom is -0.465 e. The highest BCUT2D eigenvalue weighted by Gasteiger charge is 2.64. The number of guanidine groups is 1. The van der Waals surface area contributed by atoms with Crippen LogP contribution in [0.5, 0.6) is 0 Å². The highest BCUT2D eigenvalue weighted by molar-refractivity contribution is 5.82. The average Bonchev–Trinajstić information content (AvgIpc) is 3.36. The predicted molar refractivity (Wildman–Crippen MR) is 184 cm³/mol. The van der Waals surface area contributed by atoms with Gasteiger partial charge in [0.1, 0.15) is 0 Å². The van der Waals surface area contributed by atoms with Crippen LogP contribution in [0, 0.1) is 5.92 Å². The number of nitrogens with two attached hydrogens (primary N) is 2. The lowest BCUT2D eigenvalue weighted by atomic mass is 9.80. The number of carbonyl (C=O) groups is 2. The molecule has 12 nitrogen and oxygen atoms in total. The molecule has 0 saturated carbocycles. The van der Waals surface area contributed by atoms with Gasteiger partial charge in [0.25, 0.3) is 0 Å². The molecule has 0 aromatic rings. The van der Waals surface area contributed by atoms with E-state index in [1.165, 1.54) is 0 Å². The number of ether oxygens (including phenoxy) is 3. The zero-order chi connectivity index (χ0) is 34.1. The minimum absolute atomic E-state index is 0.0105. The van der Waals surface area contributed by atoms with Gasteiger partial charge in [0.05, 0.1) is 37.0 Å². The molecule has 8 atom stereocenters. The van der Waals surface area contributed by atoms with Crippen molar-refractivity contribution in [2.24, 2.45) is 17.4 Å². The minimum atomic E-state index is -0.813. The lowest BCUT2D eigenvalue weighted by Crippen LogP contribution is -2.76. The number of aliphatic hydroxyl groups is 1. The second kappa shape index (κ2) is 17.1. The summed E-state index contributed by atoms with van der Waals surface area (Å²) in [6.07, 6.45) is 17.2. The maximum absolute atomic E-state index is 14.0. The number of unbranched alkanes of at least 4 members (excludes halogenated alkanes) is 3. The number of nitrogens with one attached hydrogen (secondary N) is 2. The molecular formula is C36H63N6O6+. The van der Waals surface area contributed by atoms with Crippen LogP contribution in [0.1, 0.15) is 117 Å². The fourth-order valence-corrected chi connectivity index (χ4v) is 8.69. The van der Waals surface area contributed by atoms with E-state index in [2.05, 4.69) is 41.2 Å². The average molecular weight is 676 g/mol. The smallest absolute Gasteiger partial charge is 0.350 e. The lowest BCUT2D eigenvalue weighted by Gasteiger charge is -2.50. The molecule has 0 bridgehead atoms. The molecule has 0 unspecified atom stereocenters. The zero-order valence-electron chi connectivity index (χ0n) is 29.5. The number of hydrogen-bond acceptors (Lipinski definition) is 10. The van der Waals surface area contributed by atoms with E-state index >= 15 is 0 Å². The molecule has 5 rings (SSSR count). The molecule has 7 N–H and O–H groups in total. The maximum atomic E-state index is 14.0. The molecule has 0 aromatic carbocycles. The van der Waals surface area contributed by atoms with E-state index < -0.39 is 23.5 Å². The predicted octanol–water partition coefficient (Wildman–Crippen LogP) is 2.61. The Morgan fingerprint density at radius 3 is 2.71 bits per heavy atom. The van der Waals surface area contributed by atoms with Gasteiger partial charge in [-0.3, -0.25) is 14.2 Å². The van der Waals surface area contributed by atoms with Gasteiger partial charge < -0.3 is 35.7 Å². The molecule has 5 aliphatic rings. The fourth-order valence-electron chi connectivity index (χ4n) is 8.69. The van der Waals surface area contributed by atoms with Crippen molar-refractivity contribution in [1.82, 2.24) is 15.5 Å². The Balaban J connectivity index is 1.16. The van der Waals surface area contributed by atoms with Gasteiger partial charge in [0.15, 0.2) is 11.6 Å². The first-order valence-electron chi connectivity index (χ1n) is 19.0. The van der Waals surface area contributed by atoms with Gasteiger partial charge in [-0.05, 0) is 84.2 Å². The molecule has 2 fully saturated rings. The second-order valence-corrected chi connectivity index (χ2v) is 14.8. The van der Waals surface area contributed by atoms with Crippen LogP contribution in [0.2, 0.25) is 0 Å². The molecule has 0 radical (unpaired) electrons. The first-order chi connectivity index (χ1) is 23.2. The molecule has 5 heterocycles. The molecule has 2 saturated heterocycles. The van der Waals surface area contributed by atoms with Gasteiger partial charge in [0, 0.05) is 38.8 Å². The number of rotatable bonds is 16. The van der Waals surface area contributed by atoms with Crippen molar-refractivity contribution in [3.8, 4) is 0 Å². The van der Waals surface area contributed by atoms with Crippen LogP contribution in [-0.2, 0) is 23.8 Å². The molecule has 5 aliphatic heterocycles. The van der Waals surface area contributed by atoms with Crippen LogP contribution in [0.4, 0.5) is 0 Å². The third-order valence-electron chi connectivity index (χ3n) is 11.0. The van der Waals surface area contributed by atoms with Crippen molar-refractivity contribution in [2.75, 3.05) is 32.8 Å².